The molecule has 0 aliphatic heterocycles. The molecule has 2 nitrogen and oxygen atoms in total. The molecule has 0 bridgehead atoms. The van der Waals surface area contributed by atoms with E-state index in [2.05, 4.69) is 0 Å². The van der Waals surface area contributed by atoms with Crippen molar-refractivity contribution in [2.45, 2.75) is 40.0 Å². The Morgan fingerprint density at radius 1 is 1.42 bits per heavy atom. The molecular weight excluding hydrogens is 152 g/mol. The summed E-state index contributed by atoms with van der Waals surface area (Å²) in [6, 6.07) is 0. The van der Waals surface area contributed by atoms with Crippen molar-refractivity contribution in [3.63, 3.8) is 0 Å². The zero-order valence-corrected chi connectivity index (χ0v) is 8.02. The van der Waals surface area contributed by atoms with E-state index in [-0.39, 0.29) is 22.9 Å². The SMILES string of the molecule is CC(C)(C)C(=O)[C@H]1CCC(=O)C1. The molecule has 0 aromatic heterocycles. The van der Waals surface area contributed by atoms with Crippen molar-refractivity contribution in [3.05, 3.63) is 0 Å². The first kappa shape index (κ1) is 9.43. The van der Waals surface area contributed by atoms with Crippen LogP contribution in [-0.2, 0) is 9.59 Å². The highest BCUT2D eigenvalue weighted by Gasteiger charge is 2.34. The number of rotatable bonds is 1. The third-order valence-corrected chi connectivity index (χ3v) is 2.36. The molecule has 2 heteroatoms. The molecule has 0 spiro atoms. The fourth-order valence-corrected chi connectivity index (χ4v) is 1.65. The molecule has 1 aliphatic rings. The van der Waals surface area contributed by atoms with Gasteiger partial charge in [0.2, 0.25) is 0 Å². The van der Waals surface area contributed by atoms with Gasteiger partial charge < -0.3 is 0 Å². The fourth-order valence-electron chi connectivity index (χ4n) is 1.65. The van der Waals surface area contributed by atoms with Crippen LogP contribution in [0.3, 0.4) is 0 Å². The molecule has 0 aromatic rings. The number of carbonyl (C=O) groups excluding carboxylic acids is 2. The molecule has 0 radical (unpaired) electrons. The lowest BCUT2D eigenvalue weighted by atomic mass is 9.82. The van der Waals surface area contributed by atoms with Gasteiger partial charge in [0, 0.05) is 24.2 Å². The van der Waals surface area contributed by atoms with Crippen LogP contribution in [0.5, 0.6) is 0 Å². The molecule has 0 saturated heterocycles. The summed E-state index contributed by atoms with van der Waals surface area (Å²) in [6.45, 7) is 5.74. The van der Waals surface area contributed by atoms with Gasteiger partial charge in [0.1, 0.15) is 11.6 Å². The van der Waals surface area contributed by atoms with Gasteiger partial charge >= 0.3 is 0 Å². The van der Waals surface area contributed by atoms with Crippen LogP contribution in [0.1, 0.15) is 40.0 Å². The van der Waals surface area contributed by atoms with E-state index in [0.29, 0.717) is 12.8 Å². The maximum absolute atomic E-state index is 11.7. The second-order valence-electron chi connectivity index (χ2n) is 4.59. The molecule has 1 fully saturated rings. The number of carbonyl (C=O) groups is 2. The van der Waals surface area contributed by atoms with Crippen LogP contribution in [0.25, 0.3) is 0 Å². The van der Waals surface area contributed by atoms with Gasteiger partial charge in [-0.05, 0) is 6.42 Å². The minimum absolute atomic E-state index is 0.0116. The summed E-state index contributed by atoms with van der Waals surface area (Å²) in [4.78, 5) is 22.6. The van der Waals surface area contributed by atoms with Crippen molar-refractivity contribution < 1.29 is 9.59 Å². The number of hydrogen-bond acceptors (Lipinski definition) is 2. The van der Waals surface area contributed by atoms with Gasteiger partial charge in [-0.1, -0.05) is 20.8 Å². The quantitative estimate of drug-likeness (QED) is 0.600. The van der Waals surface area contributed by atoms with Gasteiger partial charge in [-0.3, -0.25) is 9.59 Å². The highest BCUT2D eigenvalue weighted by molar-refractivity contribution is 5.93. The highest BCUT2D eigenvalue weighted by Crippen LogP contribution is 2.30. The molecular formula is C10H16O2. The fraction of sp³-hybridized carbons (Fsp3) is 0.800. The lowest BCUT2D eigenvalue weighted by Gasteiger charge is -2.20. The van der Waals surface area contributed by atoms with E-state index in [0.717, 1.165) is 6.42 Å². The maximum atomic E-state index is 11.7. The highest BCUT2D eigenvalue weighted by atomic mass is 16.1. The number of Topliss-reactive ketones (excluding diaryl/α,β-unsaturated/α-hetero) is 2. The zero-order chi connectivity index (χ0) is 9.35. The standard InChI is InChI=1S/C10H16O2/c1-10(2,3)9(12)7-4-5-8(11)6-7/h7H,4-6H2,1-3H3/t7-/m0/s1. The van der Waals surface area contributed by atoms with E-state index in [1.807, 2.05) is 20.8 Å². The Kier molecular flexibility index (Phi) is 2.36. The second-order valence-corrected chi connectivity index (χ2v) is 4.59. The first-order valence-electron chi connectivity index (χ1n) is 4.47. The van der Waals surface area contributed by atoms with Crippen molar-refractivity contribution in [1.29, 1.82) is 0 Å². The van der Waals surface area contributed by atoms with Gasteiger partial charge in [0.05, 0.1) is 0 Å². The smallest absolute Gasteiger partial charge is 0.141 e. The Bertz CT molecular complexity index is 210. The van der Waals surface area contributed by atoms with E-state index in [9.17, 15) is 9.59 Å². The largest absolute Gasteiger partial charge is 0.300 e. The first-order valence-corrected chi connectivity index (χ1v) is 4.47. The Hall–Kier alpha value is -0.660. The molecule has 12 heavy (non-hydrogen) atoms. The molecule has 0 N–H and O–H groups in total. The molecule has 1 rings (SSSR count). The minimum atomic E-state index is -0.282. The van der Waals surface area contributed by atoms with Crippen molar-refractivity contribution >= 4 is 11.6 Å². The third-order valence-electron chi connectivity index (χ3n) is 2.36. The summed E-state index contributed by atoms with van der Waals surface area (Å²) in [6.07, 6.45) is 1.86. The summed E-state index contributed by atoms with van der Waals surface area (Å²) in [5, 5.41) is 0. The average Bonchev–Trinajstić information content (AvgIpc) is 2.32. The Morgan fingerprint density at radius 2 is 2.00 bits per heavy atom. The first-order chi connectivity index (χ1) is 5.41. The van der Waals surface area contributed by atoms with Gasteiger partial charge in [-0.25, -0.2) is 0 Å². The van der Waals surface area contributed by atoms with E-state index in [1.54, 1.807) is 0 Å². The van der Waals surface area contributed by atoms with Crippen LogP contribution < -0.4 is 0 Å². The molecule has 0 unspecified atom stereocenters. The Morgan fingerprint density at radius 3 is 2.33 bits per heavy atom. The minimum Gasteiger partial charge on any atom is -0.300 e. The van der Waals surface area contributed by atoms with Crippen molar-refractivity contribution in [2.24, 2.45) is 11.3 Å². The van der Waals surface area contributed by atoms with Crippen molar-refractivity contribution in [1.82, 2.24) is 0 Å². The Balaban J connectivity index is 2.61. The summed E-state index contributed by atoms with van der Waals surface area (Å²) in [7, 11) is 0. The van der Waals surface area contributed by atoms with Crippen LogP contribution in [0.4, 0.5) is 0 Å². The number of ketones is 2. The third kappa shape index (κ3) is 1.93. The summed E-state index contributed by atoms with van der Waals surface area (Å²) in [5.74, 6) is 0.503. The van der Waals surface area contributed by atoms with Crippen LogP contribution in [0.2, 0.25) is 0 Å². The van der Waals surface area contributed by atoms with Gasteiger partial charge in [-0.2, -0.15) is 0 Å². The average molecular weight is 168 g/mol. The summed E-state index contributed by atoms with van der Waals surface area (Å²) in [5.41, 5.74) is -0.282. The zero-order valence-electron chi connectivity index (χ0n) is 8.02. The predicted molar refractivity (Wildman–Crippen MR) is 46.8 cm³/mol. The van der Waals surface area contributed by atoms with E-state index >= 15 is 0 Å². The van der Waals surface area contributed by atoms with Crippen molar-refractivity contribution in [3.8, 4) is 0 Å². The summed E-state index contributed by atoms with van der Waals surface area (Å²) >= 11 is 0. The van der Waals surface area contributed by atoms with Gasteiger partial charge in [0.15, 0.2) is 0 Å². The molecule has 1 atom stereocenters. The lowest BCUT2D eigenvalue weighted by molar-refractivity contribution is -0.131. The Labute approximate surface area is 73.3 Å². The summed E-state index contributed by atoms with van der Waals surface area (Å²) < 4.78 is 0. The molecule has 1 saturated carbocycles. The van der Waals surface area contributed by atoms with Crippen LogP contribution in [0, 0.1) is 11.3 Å². The van der Waals surface area contributed by atoms with E-state index in [1.165, 1.54) is 0 Å². The van der Waals surface area contributed by atoms with E-state index in [4.69, 9.17) is 0 Å². The monoisotopic (exact) mass is 168 g/mol. The maximum Gasteiger partial charge on any atom is 0.141 e. The lowest BCUT2D eigenvalue weighted by Crippen LogP contribution is -2.26. The van der Waals surface area contributed by atoms with Gasteiger partial charge in [-0.15, -0.1) is 0 Å². The molecule has 0 amide bonds. The van der Waals surface area contributed by atoms with Crippen LogP contribution in [0.15, 0.2) is 0 Å². The normalized spacial score (nSPS) is 24.6. The molecule has 1 aliphatic carbocycles. The van der Waals surface area contributed by atoms with Gasteiger partial charge in [0.25, 0.3) is 0 Å². The molecule has 0 aromatic carbocycles. The topological polar surface area (TPSA) is 34.1 Å². The van der Waals surface area contributed by atoms with Crippen LogP contribution in [-0.4, -0.2) is 11.6 Å². The molecule has 0 heterocycles. The van der Waals surface area contributed by atoms with E-state index < -0.39 is 0 Å². The van der Waals surface area contributed by atoms with Crippen LogP contribution >= 0.6 is 0 Å². The molecule has 68 valence electrons. The number of hydrogen-bond donors (Lipinski definition) is 0. The second kappa shape index (κ2) is 3.00. The predicted octanol–water partition coefficient (Wildman–Crippen LogP) is 1.97. The van der Waals surface area contributed by atoms with Crippen molar-refractivity contribution in [2.75, 3.05) is 0 Å².